The summed E-state index contributed by atoms with van der Waals surface area (Å²) < 4.78 is 27.2. The number of benzene rings is 1. The number of halogens is 2. The van der Waals surface area contributed by atoms with Gasteiger partial charge in [-0.3, -0.25) is 0 Å². The molecule has 18 heavy (non-hydrogen) atoms. The minimum absolute atomic E-state index is 0.00345. The van der Waals surface area contributed by atoms with Gasteiger partial charge in [0.2, 0.25) is 0 Å². The van der Waals surface area contributed by atoms with Crippen molar-refractivity contribution in [3.8, 4) is 6.07 Å². The lowest BCUT2D eigenvalue weighted by Crippen LogP contribution is -2.32. The highest BCUT2D eigenvalue weighted by Crippen LogP contribution is 2.16. The van der Waals surface area contributed by atoms with E-state index in [4.69, 9.17) is 5.26 Å². The molecule has 0 aliphatic carbocycles. The van der Waals surface area contributed by atoms with Gasteiger partial charge in [0.25, 0.3) is 0 Å². The monoisotopic (exact) mass is 252 g/mol. The van der Waals surface area contributed by atoms with Gasteiger partial charge in [-0.1, -0.05) is 20.3 Å². The van der Waals surface area contributed by atoms with E-state index in [9.17, 15) is 8.78 Å². The normalized spacial score (nSPS) is 14.0. The van der Waals surface area contributed by atoms with Crippen molar-refractivity contribution < 1.29 is 8.78 Å². The molecule has 1 N–H and O–H groups in total. The van der Waals surface area contributed by atoms with Gasteiger partial charge in [-0.25, -0.2) is 8.78 Å². The molecule has 1 aromatic rings. The lowest BCUT2D eigenvalue weighted by atomic mass is 10.0. The molecule has 0 heterocycles. The van der Waals surface area contributed by atoms with Crippen molar-refractivity contribution in [2.45, 2.75) is 39.8 Å². The number of hydrogen-bond acceptors (Lipinski definition) is 2. The third-order valence-corrected chi connectivity index (χ3v) is 3.37. The third-order valence-electron chi connectivity index (χ3n) is 3.37. The van der Waals surface area contributed by atoms with Gasteiger partial charge in [-0.2, -0.15) is 5.26 Å². The highest BCUT2D eigenvalue weighted by atomic mass is 19.1. The van der Waals surface area contributed by atoms with Crippen LogP contribution in [-0.2, 0) is 6.54 Å². The summed E-state index contributed by atoms with van der Waals surface area (Å²) in [7, 11) is 0. The van der Waals surface area contributed by atoms with Crippen LogP contribution in [0, 0.1) is 28.9 Å². The van der Waals surface area contributed by atoms with E-state index >= 15 is 0 Å². The molecule has 1 aromatic carbocycles. The molecule has 1 rings (SSSR count). The van der Waals surface area contributed by atoms with Gasteiger partial charge in [0.15, 0.2) is 0 Å². The molecule has 98 valence electrons. The van der Waals surface area contributed by atoms with Crippen LogP contribution < -0.4 is 5.32 Å². The molecule has 2 atom stereocenters. The number of rotatable bonds is 5. The van der Waals surface area contributed by atoms with Gasteiger partial charge in [-0.05, 0) is 25.0 Å². The average molecular weight is 252 g/mol. The maximum atomic E-state index is 13.6. The first-order valence-corrected chi connectivity index (χ1v) is 6.11. The van der Waals surface area contributed by atoms with E-state index in [1.54, 1.807) is 6.07 Å². The summed E-state index contributed by atoms with van der Waals surface area (Å²) in [6, 6.07) is 4.04. The molecule has 4 heteroatoms. The van der Waals surface area contributed by atoms with E-state index in [0.717, 1.165) is 18.6 Å². The van der Waals surface area contributed by atoms with Crippen LogP contribution in [0.4, 0.5) is 8.78 Å². The zero-order valence-electron chi connectivity index (χ0n) is 10.9. The molecule has 0 fully saturated rings. The van der Waals surface area contributed by atoms with Crippen LogP contribution in [0.2, 0.25) is 0 Å². The minimum Gasteiger partial charge on any atom is -0.310 e. The predicted octanol–water partition coefficient (Wildman–Crippen LogP) is 3.36. The van der Waals surface area contributed by atoms with Gasteiger partial charge in [0, 0.05) is 18.2 Å². The van der Waals surface area contributed by atoms with Crippen molar-refractivity contribution >= 4 is 0 Å². The van der Waals surface area contributed by atoms with Crippen molar-refractivity contribution in [1.29, 1.82) is 5.26 Å². The Balaban J connectivity index is 2.77. The van der Waals surface area contributed by atoms with Crippen LogP contribution in [-0.4, -0.2) is 6.04 Å². The highest BCUT2D eigenvalue weighted by Gasteiger charge is 2.14. The van der Waals surface area contributed by atoms with Gasteiger partial charge in [0.05, 0.1) is 11.6 Å². The maximum absolute atomic E-state index is 13.6. The summed E-state index contributed by atoms with van der Waals surface area (Å²) in [5.41, 5.74) is -0.00659. The largest absolute Gasteiger partial charge is 0.310 e. The second-order valence-corrected chi connectivity index (χ2v) is 4.59. The molecule has 0 radical (unpaired) electrons. The lowest BCUT2D eigenvalue weighted by molar-refractivity contribution is 0.382. The molecule has 0 spiro atoms. The van der Waals surface area contributed by atoms with Gasteiger partial charge in [0.1, 0.15) is 11.6 Å². The van der Waals surface area contributed by atoms with E-state index < -0.39 is 11.6 Å². The summed E-state index contributed by atoms with van der Waals surface area (Å²) in [4.78, 5) is 0. The Bertz CT molecular complexity index is 429. The molecular weight excluding hydrogens is 234 g/mol. The van der Waals surface area contributed by atoms with Crippen molar-refractivity contribution in [2.24, 2.45) is 5.92 Å². The molecule has 0 bridgehead atoms. The van der Waals surface area contributed by atoms with E-state index in [0.29, 0.717) is 5.92 Å². The fourth-order valence-corrected chi connectivity index (χ4v) is 1.65. The van der Waals surface area contributed by atoms with E-state index in [2.05, 4.69) is 19.2 Å². The molecule has 0 aliphatic heterocycles. The maximum Gasteiger partial charge on any atom is 0.131 e. The van der Waals surface area contributed by atoms with Crippen molar-refractivity contribution in [3.05, 3.63) is 34.9 Å². The standard InChI is InChI=1S/C14H18F2N2/c1-4-9(2)10(3)18-8-12-13(15)5-11(7-17)6-14(12)16/h5-6,9-10,18H,4,8H2,1-3H3. The summed E-state index contributed by atoms with van der Waals surface area (Å²) in [6.07, 6.45) is 1.01. The van der Waals surface area contributed by atoms with Crippen LogP contribution in [0.3, 0.4) is 0 Å². The Kier molecular flexibility index (Phi) is 5.24. The van der Waals surface area contributed by atoms with E-state index in [1.165, 1.54) is 0 Å². The Morgan fingerprint density at radius 3 is 2.28 bits per heavy atom. The van der Waals surface area contributed by atoms with Crippen LogP contribution in [0.5, 0.6) is 0 Å². The summed E-state index contributed by atoms with van der Waals surface area (Å²) in [5, 5.41) is 11.7. The molecule has 0 saturated heterocycles. The number of nitriles is 1. The Morgan fingerprint density at radius 2 is 1.83 bits per heavy atom. The molecule has 0 amide bonds. The van der Waals surface area contributed by atoms with Gasteiger partial charge in [-0.15, -0.1) is 0 Å². The number of nitrogens with zero attached hydrogens (tertiary/aromatic N) is 1. The highest BCUT2D eigenvalue weighted by molar-refractivity contribution is 5.34. The fourth-order valence-electron chi connectivity index (χ4n) is 1.65. The Morgan fingerprint density at radius 1 is 1.28 bits per heavy atom. The smallest absolute Gasteiger partial charge is 0.131 e. The quantitative estimate of drug-likeness (QED) is 0.872. The first kappa shape index (κ1) is 14.6. The van der Waals surface area contributed by atoms with Crippen molar-refractivity contribution in [1.82, 2.24) is 5.32 Å². The average Bonchev–Trinajstić information content (AvgIpc) is 2.36. The molecule has 2 nitrogen and oxygen atoms in total. The van der Waals surface area contributed by atoms with Crippen LogP contribution in [0.25, 0.3) is 0 Å². The van der Waals surface area contributed by atoms with Gasteiger partial charge < -0.3 is 5.32 Å². The Hall–Kier alpha value is -1.47. The van der Waals surface area contributed by atoms with Crippen molar-refractivity contribution in [2.75, 3.05) is 0 Å². The fraction of sp³-hybridized carbons (Fsp3) is 0.500. The minimum atomic E-state index is -0.671. The Labute approximate surface area is 107 Å². The zero-order chi connectivity index (χ0) is 13.7. The summed E-state index contributed by atoms with van der Waals surface area (Å²) >= 11 is 0. The SMILES string of the molecule is CCC(C)C(C)NCc1c(F)cc(C#N)cc1F. The third kappa shape index (κ3) is 3.51. The van der Waals surface area contributed by atoms with E-state index in [1.807, 2.05) is 6.92 Å². The van der Waals surface area contributed by atoms with Gasteiger partial charge >= 0.3 is 0 Å². The molecule has 0 aromatic heterocycles. The van der Waals surface area contributed by atoms with Crippen LogP contribution >= 0.6 is 0 Å². The number of nitrogens with one attached hydrogen (secondary N) is 1. The summed E-state index contributed by atoms with van der Waals surface area (Å²) in [5.74, 6) is -0.902. The molecule has 0 saturated carbocycles. The molecule has 0 aliphatic rings. The van der Waals surface area contributed by atoms with Crippen LogP contribution in [0.15, 0.2) is 12.1 Å². The number of hydrogen-bond donors (Lipinski definition) is 1. The molecular formula is C14H18F2N2. The second kappa shape index (κ2) is 6.46. The second-order valence-electron chi connectivity index (χ2n) is 4.59. The first-order valence-electron chi connectivity index (χ1n) is 6.11. The topological polar surface area (TPSA) is 35.8 Å². The predicted molar refractivity (Wildman–Crippen MR) is 66.8 cm³/mol. The summed E-state index contributed by atoms with van der Waals surface area (Å²) in [6.45, 7) is 6.29. The first-order chi connectivity index (χ1) is 8.49. The lowest BCUT2D eigenvalue weighted by Gasteiger charge is -2.20. The van der Waals surface area contributed by atoms with E-state index in [-0.39, 0.29) is 23.7 Å². The van der Waals surface area contributed by atoms with Crippen molar-refractivity contribution in [3.63, 3.8) is 0 Å². The molecule has 2 unspecified atom stereocenters. The van der Waals surface area contributed by atoms with Crippen LogP contribution in [0.1, 0.15) is 38.3 Å². The zero-order valence-corrected chi connectivity index (χ0v) is 10.9.